The van der Waals surface area contributed by atoms with Crippen molar-refractivity contribution < 1.29 is 18.0 Å². The topological polar surface area (TPSA) is 86.8 Å². The molecule has 0 bridgehead atoms. The molecule has 2 amide bonds. The van der Waals surface area contributed by atoms with Crippen LogP contribution in [-0.2, 0) is 32.6 Å². The van der Waals surface area contributed by atoms with Gasteiger partial charge in [0, 0.05) is 19.5 Å². The molecule has 1 atom stereocenters. The lowest BCUT2D eigenvalue weighted by atomic mass is 10.0. The van der Waals surface area contributed by atoms with Crippen LogP contribution in [0.4, 0.5) is 5.69 Å². The van der Waals surface area contributed by atoms with Crippen molar-refractivity contribution in [1.82, 2.24) is 10.2 Å². The van der Waals surface area contributed by atoms with E-state index >= 15 is 0 Å². The Kier molecular flexibility index (Phi) is 10.5. The van der Waals surface area contributed by atoms with Gasteiger partial charge in [-0.2, -0.15) is 0 Å². The summed E-state index contributed by atoms with van der Waals surface area (Å²) in [5.41, 5.74) is 2.08. The molecule has 0 aromatic heterocycles. The number of para-hydroxylation sites is 1. The van der Waals surface area contributed by atoms with Gasteiger partial charge in [-0.3, -0.25) is 13.9 Å². The van der Waals surface area contributed by atoms with Crippen LogP contribution in [0.3, 0.4) is 0 Å². The summed E-state index contributed by atoms with van der Waals surface area (Å²) in [5.74, 6) is -0.550. The molecule has 1 N–H and O–H groups in total. The summed E-state index contributed by atoms with van der Waals surface area (Å²) in [4.78, 5) is 29.6. The normalized spacial score (nSPS) is 12.0. The maximum absolute atomic E-state index is 14.3. The van der Waals surface area contributed by atoms with Crippen LogP contribution in [0, 0.1) is 5.92 Å². The maximum atomic E-state index is 14.3. The Morgan fingerprint density at radius 3 is 1.76 bits per heavy atom. The van der Waals surface area contributed by atoms with Gasteiger partial charge in [-0.1, -0.05) is 111 Å². The van der Waals surface area contributed by atoms with Crippen molar-refractivity contribution in [2.24, 2.45) is 5.92 Å². The van der Waals surface area contributed by atoms with Gasteiger partial charge < -0.3 is 10.2 Å². The second-order valence-electron chi connectivity index (χ2n) is 10.5. The number of nitrogens with zero attached hydrogens (tertiary/aromatic N) is 2. The van der Waals surface area contributed by atoms with Crippen LogP contribution in [0.25, 0.3) is 0 Å². The first-order chi connectivity index (χ1) is 20.3. The number of hydrogen-bond acceptors (Lipinski definition) is 4. The minimum Gasteiger partial charge on any atom is -0.354 e. The fourth-order valence-corrected chi connectivity index (χ4v) is 6.03. The quantitative estimate of drug-likeness (QED) is 0.232. The number of anilines is 1. The van der Waals surface area contributed by atoms with Gasteiger partial charge in [0.2, 0.25) is 11.8 Å². The van der Waals surface area contributed by atoms with Gasteiger partial charge in [-0.25, -0.2) is 8.42 Å². The number of amides is 2. The van der Waals surface area contributed by atoms with E-state index in [1.54, 1.807) is 48.5 Å². The molecule has 4 aromatic carbocycles. The predicted octanol–water partition coefficient (Wildman–Crippen LogP) is 5.29. The van der Waals surface area contributed by atoms with E-state index in [4.69, 9.17) is 0 Å². The Balaban J connectivity index is 1.76. The molecular formula is C34H37N3O4S. The van der Waals surface area contributed by atoms with E-state index in [0.717, 1.165) is 15.4 Å². The summed E-state index contributed by atoms with van der Waals surface area (Å²) in [6.07, 6.45) is 0.278. The van der Waals surface area contributed by atoms with Crippen LogP contribution >= 0.6 is 0 Å². The summed E-state index contributed by atoms with van der Waals surface area (Å²) in [6, 6.07) is 34.7. The first-order valence-corrected chi connectivity index (χ1v) is 15.5. The largest absolute Gasteiger partial charge is 0.354 e. The number of sulfonamides is 1. The SMILES string of the molecule is CC(C)CNC(=O)C(Cc1ccccc1)N(Cc1ccccc1)C(=O)CN(c1ccccc1)S(=O)(=O)c1ccccc1. The Hall–Kier alpha value is -4.43. The van der Waals surface area contributed by atoms with Crippen molar-refractivity contribution in [2.75, 3.05) is 17.4 Å². The molecule has 0 radical (unpaired) electrons. The van der Waals surface area contributed by atoms with E-state index in [9.17, 15) is 18.0 Å². The number of hydrogen-bond donors (Lipinski definition) is 1. The summed E-state index contributed by atoms with van der Waals surface area (Å²) in [6.45, 7) is 4.13. The highest BCUT2D eigenvalue weighted by Gasteiger charge is 2.34. The molecule has 0 aliphatic rings. The highest BCUT2D eigenvalue weighted by atomic mass is 32.2. The van der Waals surface area contributed by atoms with Crippen molar-refractivity contribution in [2.45, 2.75) is 37.8 Å². The zero-order valence-electron chi connectivity index (χ0n) is 24.0. The third-order valence-corrected chi connectivity index (χ3v) is 8.59. The number of nitrogens with one attached hydrogen (secondary N) is 1. The van der Waals surface area contributed by atoms with Gasteiger partial charge in [0.15, 0.2) is 0 Å². The maximum Gasteiger partial charge on any atom is 0.264 e. The smallest absolute Gasteiger partial charge is 0.264 e. The van der Waals surface area contributed by atoms with E-state index in [1.165, 1.54) is 17.0 Å². The van der Waals surface area contributed by atoms with Crippen LogP contribution in [0.2, 0.25) is 0 Å². The van der Waals surface area contributed by atoms with Crippen LogP contribution in [0.1, 0.15) is 25.0 Å². The lowest BCUT2D eigenvalue weighted by Crippen LogP contribution is -2.53. The van der Waals surface area contributed by atoms with Crippen molar-refractivity contribution in [3.8, 4) is 0 Å². The molecule has 0 fully saturated rings. The number of rotatable bonds is 13. The molecular weight excluding hydrogens is 546 g/mol. The van der Waals surface area contributed by atoms with E-state index < -0.39 is 28.5 Å². The average molecular weight is 584 g/mol. The molecule has 0 saturated heterocycles. The lowest BCUT2D eigenvalue weighted by Gasteiger charge is -2.34. The Bertz CT molecular complexity index is 1530. The summed E-state index contributed by atoms with van der Waals surface area (Å²) in [7, 11) is -4.10. The van der Waals surface area contributed by atoms with Gasteiger partial charge in [-0.15, -0.1) is 0 Å². The van der Waals surface area contributed by atoms with Crippen LogP contribution in [0.15, 0.2) is 126 Å². The van der Waals surface area contributed by atoms with Crippen molar-refractivity contribution >= 4 is 27.5 Å². The van der Waals surface area contributed by atoms with Crippen molar-refractivity contribution in [1.29, 1.82) is 0 Å². The molecule has 1 unspecified atom stereocenters. The van der Waals surface area contributed by atoms with Gasteiger partial charge in [0.1, 0.15) is 12.6 Å². The summed E-state index contributed by atoms with van der Waals surface area (Å²) >= 11 is 0. The number of carbonyl (C=O) groups excluding carboxylic acids is 2. The summed E-state index contributed by atoms with van der Waals surface area (Å²) < 4.78 is 28.9. The van der Waals surface area contributed by atoms with Crippen LogP contribution in [-0.4, -0.2) is 44.3 Å². The molecule has 0 saturated carbocycles. The van der Waals surface area contributed by atoms with E-state index in [2.05, 4.69) is 5.32 Å². The van der Waals surface area contributed by atoms with Gasteiger partial charge in [-0.05, 0) is 41.3 Å². The fraction of sp³-hybridized carbons (Fsp3) is 0.235. The van der Waals surface area contributed by atoms with Crippen LogP contribution < -0.4 is 9.62 Å². The predicted molar refractivity (Wildman–Crippen MR) is 166 cm³/mol. The minimum absolute atomic E-state index is 0.0757. The third kappa shape index (κ3) is 8.07. The molecule has 218 valence electrons. The molecule has 7 nitrogen and oxygen atoms in total. The number of benzene rings is 4. The van der Waals surface area contributed by atoms with Crippen molar-refractivity contribution in [3.05, 3.63) is 132 Å². The zero-order valence-corrected chi connectivity index (χ0v) is 24.8. The monoisotopic (exact) mass is 583 g/mol. The Morgan fingerprint density at radius 1 is 0.714 bits per heavy atom. The summed E-state index contributed by atoms with van der Waals surface area (Å²) in [5, 5.41) is 3.00. The molecule has 4 rings (SSSR count). The minimum atomic E-state index is -4.10. The third-order valence-electron chi connectivity index (χ3n) is 6.81. The standard InChI is InChI=1S/C34H37N3O4S/c1-27(2)24-35-34(39)32(23-28-15-7-3-8-16-28)36(25-29-17-9-4-10-18-29)33(38)26-37(30-19-11-5-12-20-30)42(40,41)31-21-13-6-14-22-31/h3-22,27,32H,23-26H2,1-2H3,(H,35,39). The first kappa shape index (κ1) is 30.5. The highest BCUT2D eigenvalue weighted by molar-refractivity contribution is 7.92. The zero-order chi connectivity index (χ0) is 30.0. The van der Waals surface area contributed by atoms with Gasteiger partial charge >= 0.3 is 0 Å². The Labute approximate surface area is 248 Å². The van der Waals surface area contributed by atoms with E-state index in [1.807, 2.05) is 74.5 Å². The molecule has 0 heterocycles. The van der Waals surface area contributed by atoms with E-state index in [-0.39, 0.29) is 29.7 Å². The molecule has 0 aliphatic carbocycles. The first-order valence-electron chi connectivity index (χ1n) is 14.0. The second kappa shape index (κ2) is 14.5. The average Bonchev–Trinajstić information content (AvgIpc) is 3.02. The molecule has 0 spiro atoms. The van der Waals surface area contributed by atoms with Gasteiger partial charge in [0.25, 0.3) is 10.0 Å². The molecule has 42 heavy (non-hydrogen) atoms. The van der Waals surface area contributed by atoms with Crippen molar-refractivity contribution in [3.63, 3.8) is 0 Å². The molecule has 8 heteroatoms. The fourth-order valence-electron chi connectivity index (χ4n) is 4.60. The molecule has 4 aromatic rings. The lowest BCUT2D eigenvalue weighted by molar-refractivity contribution is -0.140. The number of carbonyl (C=O) groups is 2. The highest BCUT2D eigenvalue weighted by Crippen LogP contribution is 2.24. The van der Waals surface area contributed by atoms with E-state index in [0.29, 0.717) is 12.2 Å². The van der Waals surface area contributed by atoms with Gasteiger partial charge in [0.05, 0.1) is 10.6 Å². The van der Waals surface area contributed by atoms with Crippen LogP contribution in [0.5, 0.6) is 0 Å². The Morgan fingerprint density at radius 2 is 1.21 bits per heavy atom. The second-order valence-corrected chi connectivity index (χ2v) is 12.4. The molecule has 0 aliphatic heterocycles.